The number of aromatic nitrogens is 2. The molecule has 1 fully saturated rings. The van der Waals surface area contributed by atoms with E-state index in [1.807, 2.05) is 27.6 Å². The van der Waals surface area contributed by atoms with Crippen LogP contribution in [0.25, 0.3) is 0 Å². The monoisotopic (exact) mass is 723 g/mol. The Morgan fingerprint density at radius 2 is 1.76 bits per heavy atom. The van der Waals surface area contributed by atoms with E-state index in [0.717, 1.165) is 16.8 Å². The van der Waals surface area contributed by atoms with Crippen LogP contribution in [0.4, 0.5) is 10.5 Å². The van der Waals surface area contributed by atoms with Crippen molar-refractivity contribution < 1.29 is 47.1 Å². The summed E-state index contributed by atoms with van der Waals surface area (Å²) in [5.74, 6) is 0. The number of hydrogen-bond donors (Lipinski definition) is 5. The molecule has 220 valence electrons. The predicted octanol–water partition coefficient (Wildman–Crippen LogP) is 2.54. The van der Waals surface area contributed by atoms with Crippen LogP contribution in [-0.2, 0) is 33.6 Å². The molecule has 1 aliphatic heterocycles. The average molecular weight is 723 g/mol. The first-order valence-corrected chi connectivity index (χ1v) is 16.1. The van der Waals surface area contributed by atoms with Crippen molar-refractivity contribution in [3.63, 3.8) is 0 Å². The highest BCUT2D eigenvalue weighted by Crippen LogP contribution is 2.61. The highest BCUT2D eigenvalue weighted by atomic mass is 127. The lowest BCUT2D eigenvalue weighted by Gasteiger charge is -2.22. The number of phosphoric acid groups is 1. The Morgan fingerprint density at radius 3 is 2.44 bits per heavy atom. The first kappa shape index (κ1) is 31.3. The molecule has 0 radical (unpaired) electrons. The second-order valence-corrected chi connectivity index (χ2v) is 13.3. The van der Waals surface area contributed by atoms with Crippen LogP contribution in [-0.4, -0.2) is 55.5 Å². The molecule has 0 spiro atoms. The Bertz CT molecular complexity index is 1600. The van der Waals surface area contributed by atoms with Crippen LogP contribution >= 0.6 is 38.0 Å². The third-order valence-electron chi connectivity index (χ3n) is 5.66. The van der Waals surface area contributed by atoms with Crippen LogP contribution in [0.1, 0.15) is 11.8 Å². The van der Waals surface area contributed by atoms with E-state index in [0.29, 0.717) is 14.8 Å². The number of rotatable bonds is 10. The maximum atomic E-state index is 12.5. The summed E-state index contributed by atoms with van der Waals surface area (Å²) in [6.07, 6.45) is -6.86. The fraction of sp³-hybridized carbons (Fsp3) is 0.261. The van der Waals surface area contributed by atoms with E-state index in [-0.39, 0.29) is 0 Å². The SMILES string of the molecule is O=C(Nc1ccccc1)O[C@H]1C(O)[C@@H](COP(=O)(O)OP(=O)(O)Cc2ccccc2I)O[C@H]1n1ccc(=O)[nH]c1=O. The molecule has 0 saturated carbocycles. The number of H-pyrrole nitrogens is 1. The van der Waals surface area contributed by atoms with E-state index in [4.69, 9.17) is 14.0 Å². The highest BCUT2D eigenvalue weighted by molar-refractivity contribution is 14.1. The Labute approximate surface area is 245 Å². The number of halogens is 1. The number of aliphatic hydroxyl groups is 1. The predicted molar refractivity (Wildman–Crippen MR) is 151 cm³/mol. The zero-order chi connectivity index (χ0) is 29.8. The molecule has 3 unspecified atom stereocenters. The quantitative estimate of drug-likeness (QED) is 0.151. The van der Waals surface area contributed by atoms with Crippen molar-refractivity contribution in [2.24, 2.45) is 0 Å². The molecule has 1 amide bonds. The van der Waals surface area contributed by atoms with Crippen molar-refractivity contribution in [1.29, 1.82) is 0 Å². The van der Waals surface area contributed by atoms with E-state index < -0.39 is 70.1 Å². The summed E-state index contributed by atoms with van der Waals surface area (Å²) in [7, 11) is -9.87. The summed E-state index contributed by atoms with van der Waals surface area (Å²) in [5.41, 5.74) is -0.917. The number of amides is 1. The number of aromatic amines is 1. The molecule has 1 saturated heterocycles. The lowest BCUT2D eigenvalue weighted by molar-refractivity contribution is -0.0550. The first-order chi connectivity index (χ1) is 19.3. The van der Waals surface area contributed by atoms with Gasteiger partial charge in [-0.1, -0.05) is 36.4 Å². The van der Waals surface area contributed by atoms with Gasteiger partial charge in [-0.3, -0.25) is 28.8 Å². The van der Waals surface area contributed by atoms with Crippen molar-refractivity contribution in [3.05, 3.63) is 96.8 Å². The second-order valence-electron chi connectivity index (χ2n) is 8.67. The maximum Gasteiger partial charge on any atom is 0.479 e. The maximum absolute atomic E-state index is 12.5. The molecule has 0 bridgehead atoms. The summed E-state index contributed by atoms with van der Waals surface area (Å²) in [4.78, 5) is 58.8. The number of hydrogen-bond acceptors (Lipinski definition) is 10. The molecule has 1 aromatic heterocycles. The van der Waals surface area contributed by atoms with Crippen molar-refractivity contribution in [1.82, 2.24) is 9.55 Å². The summed E-state index contributed by atoms with van der Waals surface area (Å²) >= 11 is 1.93. The number of nitrogens with zero attached hydrogens (tertiary/aromatic N) is 1. The van der Waals surface area contributed by atoms with Crippen LogP contribution in [0.5, 0.6) is 0 Å². The number of nitrogens with one attached hydrogen (secondary N) is 2. The van der Waals surface area contributed by atoms with Crippen LogP contribution < -0.4 is 16.6 Å². The largest absolute Gasteiger partial charge is 0.479 e. The number of carbonyl (C=O) groups is 1. The van der Waals surface area contributed by atoms with Gasteiger partial charge in [-0.15, -0.1) is 0 Å². The summed E-state index contributed by atoms with van der Waals surface area (Å²) in [6.45, 7) is -0.882. The van der Waals surface area contributed by atoms with E-state index in [1.54, 1.807) is 54.6 Å². The fourth-order valence-electron chi connectivity index (χ4n) is 3.85. The van der Waals surface area contributed by atoms with Gasteiger partial charge in [0.05, 0.1) is 12.8 Å². The smallest absolute Gasteiger partial charge is 0.438 e. The number of benzene rings is 2. The number of para-hydroxylation sites is 1. The molecule has 4 rings (SSSR count). The molecule has 18 heteroatoms. The topological polar surface area (TPSA) is 216 Å². The summed E-state index contributed by atoms with van der Waals surface area (Å²) in [5, 5.41) is 13.3. The van der Waals surface area contributed by atoms with Crippen LogP contribution in [0.15, 0.2) is 76.4 Å². The molecule has 2 heterocycles. The van der Waals surface area contributed by atoms with Gasteiger partial charge >= 0.3 is 27.2 Å². The number of phosphoric ester groups is 1. The van der Waals surface area contributed by atoms with Gasteiger partial charge in [0, 0.05) is 21.5 Å². The number of ether oxygens (including phenoxy) is 2. The van der Waals surface area contributed by atoms with Crippen LogP contribution in [0.3, 0.4) is 0 Å². The minimum atomic E-state index is -5.19. The molecule has 3 aromatic rings. The molecule has 41 heavy (non-hydrogen) atoms. The Balaban J connectivity index is 1.47. The van der Waals surface area contributed by atoms with Crippen molar-refractivity contribution in [3.8, 4) is 0 Å². The minimum Gasteiger partial charge on any atom is -0.438 e. The molecule has 1 aliphatic rings. The van der Waals surface area contributed by atoms with Gasteiger partial charge in [0.1, 0.15) is 12.2 Å². The van der Waals surface area contributed by atoms with Crippen molar-refractivity contribution in [2.75, 3.05) is 11.9 Å². The van der Waals surface area contributed by atoms with Gasteiger partial charge in [-0.2, -0.15) is 0 Å². The third-order valence-corrected chi connectivity index (χ3v) is 9.78. The summed E-state index contributed by atoms with van der Waals surface area (Å²) in [6, 6.07) is 15.7. The lowest BCUT2D eigenvalue weighted by atomic mass is 10.1. The first-order valence-electron chi connectivity index (χ1n) is 11.8. The van der Waals surface area contributed by atoms with Gasteiger partial charge in [0.2, 0.25) is 0 Å². The van der Waals surface area contributed by atoms with Gasteiger partial charge in [0.25, 0.3) is 5.56 Å². The zero-order valence-electron chi connectivity index (χ0n) is 20.8. The average Bonchev–Trinajstić information content (AvgIpc) is 3.18. The molecule has 15 nitrogen and oxygen atoms in total. The van der Waals surface area contributed by atoms with Crippen LogP contribution in [0.2, 0.25) is 0 Å². The van der Waals surface area contributed by atoms with E-state index in [2.05, 4.69) is 9.63 Å². The molecule has 2 aromatic carbocycles. The van der Waals surface area contributed by atoms with Crippen LogP contribution in [0, 0.1) is 3.57 Å². The molecule has 6 atom stereocenters. The number of anilines is 1. The normalized spacial score (nSPS) is 23.3. The molecular formula is C23H24IN3O12P2. The molecule has 0 aliphatic carbocycles. The summed E-state index contributed by atoms with van der Waals surface area (Å²) < 4.78 is 46.9. The number of carbonyl (C=O) groups excluding carboxylic acids is 1. The number of aliphatic hydroxyl groups excluding tert-OH is 1. The standard InChI is InChI=1S/C23H24IN3O12P2/c24-16-9-5-4-6-14(16)13-40(32,33)39-41(34,35)36-12-17-19(29)20(38-23(31)25-15-7-2-1-3-8-15)21(37-17)27-11-10-18(28)26-22(27)30/h1-11,17,19-21,29H,12-13H2,(H,25,31)(H,32,33)(H,34,35)(H,26,28,30)/t17-,19?,20+,21-/m1/s1. The van der Waals surface area contributed by atoms with Gasteiger partial charge in [0.15, 0.2) is 12.3 Å². The Morgan fingerprint density at radius 1 is 1.07 bits per heavy atom. The fourth-order valence-corrected chi connectivity index (χ4v) is 7.48. The van der Waals surface area contributed by atoms with E-state index in [9.17, 15) is 38.4 Å². The van der Waals surface area contributed by atoms with Gasteiger partial charge < -0.3 is 24.4 Å². The molecular weight excluding hydrogens is 699 g/mol. The Hall–Kier alpha value is -2.66. The van der Waals surface area contributed by atoms with Crippen molar-refractivity contribution in [2.45, 2.75) is 30.7 Å². The van der Waals surface area contributed by atoms with E-state index in [1.165, 1.54) is 0 Å². The minimum absolute atomic E-state index is 0.362. The van der Waals surface area contributed by atoms with Gasteiger partial charge in [-0.05, 0) is 46.4 Å². The van der Waals surface area contributed by atoms with Crippen molar-refractivity contribution >= 4 is 49.8 Å². The zero-order valence-corrected chi connectivity index (χ0v) is 24.8. The van der Waals surface area contributed by atoms with Gasteiger partial charge in [-0.25, -0.2) is 18.5 Å². The highest BCUT2D eigenvalue weighted by Gasteiger charge is 2.49. The molecule has 5 N–H and O–H groups in total. The third kappa shape index (κ3) is 8.44. The Kier molecular flexibility index (Phi) is 10.00. The van der Waals surface area contributed by atoms with E-state index >= 15 is 0 Å². The lowest BCUT2D eigenvalue weighted by Crippen LogP contribution is -2.41. The second kappa shape index (κ2) is 13.1.